The second-order valence-corrected chi connectivity index (χ2v) is 7.83. The van der Waals surface area contributed by atoms with Crippen molar-refractivity contribution >= 4 is 58.2 Å². The van der Waals surface area contributed by atoms with Gasteiger partial charge < -0.3 is 15.0 Å². The number of nitrogens with zero attached hydrogens (tertiary/aromatic N) is 1. The Hall–Kier alpha value is -1.66. The summed E-state index contributed by atoms with van der Waals surface area (Å²) in [4.78, 5) is 26.7. The summed E-state index contributed by atoms with van der Waals surface area (Å²) in [6, 6.07) is 9.10. The lowest BCUT2D eigenvalue weighted by atomic mass is 10.1. The van der Waals surface area contributed by atoms with Crippen LogP contribution >= 0.6 is 46.4 Å². The molecule has 2 aromatic carbocycles. The molecule has 1 N–H and O–H groups in total. The molecule has 0 aliphatic carbocycles. The van der Waals surface area contributed by atoms with Gasteiger partial charge in [0.05, 0.1) is 15.1 Å². The maximum absolute atomic E-state index is 13.0. The molecule has 0 radical (unpaired) electrons. The highest BCUT2D eigenvalue weighted by molar-refractivity contribution is 6.42. The maximum Gasteiger partial charge on any atom is 0.261 e. The largest absolute Gasteiger partial charge is 0.482 e. The molecule has 0 fully saturated rings. The van der Waals surface area contributed by atoms with Gasteiger partial charge in [0.15, 0.2) is 6.61 Å². The molecule has 0 heterocycles. The summed E-state index contributed by atoms with van der Waals surface area (Å²) >= 11 is 24.0. The fourth-order valence-electron chi connectivity index (χ4n) is 2.74. The van der Waals surface area contributed by atoms with E-state index in [-0.39, 0.29) is 25.0 Å². The van der Waals surface area contributed by atoms with Crippen LogP contribution in [0.5, 0.6) is 5.75 Å². The second kappa shape index (κ2) is 10.9. The number of hydrogen-bond acceptors (Lipinski definition) is 3. The van der Waals surface area contributed by atoms with Crippen molar-refractivity contribution in [2.24, 2.45) is 0 Å². The Balaban J connectivity index is 2.23. The average molecular weight is 478 g/mol. The number of rotatable bonds is 8. The van der Waals surface area contributed by atoms with Crippen LogP contribution in [-0.4, -0.2) is 36.4 Å². The highest BCUT2D eigenvalue weighted by Crippen LogP contribution is 2.28. The van der Waals surface area contributed by atoms with Gasteiger partial charge in [-0.15, -0.1) is 0 Å². The zero-order valence-electron chi connectivity index (χ0n) is 15.8. The smallest absolute Gasteiger partial charge is 0.261 e. The predicted octanol–water partition coefficient (Wildman–Crippen LogP) is 5.23. The molecule has 2 aromatic rings. The van der Waals surface area contributed by atoms with Crippen molar-refractivity contribution in [3.05, 3.63) is 62.1 Å². The minimum atomic E-state index is -0.675. The van der Waals surface area contributed by atoms with E-state index in [0.717, 1.165) is 5.56 Å². The van der Waals surface area contributed by atoms with E-state index in [2.05, 4.69) is 5.32 Å². The van der Waals surface area contributed by atoms with Gasteiger partial charge in [0.2, 0.25) is 5.91 Å². The molecule has 1 atom stereocenters. The molecule has 29 heavy (non-hydrogen) atoms. The van der Waals surface area contributed by atoms with E-state index in [1.54, 1.807) is 30.3 Å². The minimum Gasteiger partial charge on any atom is -0.482 e. The molecule has 2 amide bonds. The molecule has 0 aliphatic rings. The topological polar surface area (TPSA) is 58.6 Å². The maximum atomic E-state index is 13.0. The van der Waals surface area contributed by atoms with Crippen LogP contribution in [0.4, 0.5) is 0 Å². The Kier molecular flexibility index (Phi) is 8.90. The molecule has 0 unspecified atom stereocenters. The van der Waals surface area contributed by atoms with Crippen LogP contribution in [0.1, 0.15) is 18.9 Å². The predicted molar refractivity (Wildman–Crippen MR) is 117 cm³/mol. The van der Waals surface area contributed by atoms with Crippen LogP contribution in [0.2, 0.25) is 20.1 Å². The molecule has 0 bridgehead atoms. The fourth-order valence-corrected chi connectivity index (χ4v) is 3.52. The summed E-state index contributed by atoms with van der Waals surface area (Å²) in [5.74, 6) is -0.324. The summed E-state index contributed by atoms with van der Waals surface area (Å²) in [6.07, 6.45) is 0.425. The number of likely N-dealkylation sites (N-methyl/N-ethyl adjacent to an activating group) is 1. The summed E-state index contributed by atoms with van der Waals surface area (Å²) in [5, 5.41) is 4.12. The lowest BCUT2D eigenvalue weighted by Crippen LogP contribution is -2.49. The van der Waals surface area contributed by atoms with Crippen LogP contribution in [0.3, 0.4) is 0 Å². The van der Waals surface area contributed by atoms with Gasteiger partial charge in [-0.1, -0.05) is 59.4 Å². The Morgan fingerprint density at radius 2 is 1.76 bits per heavy atom. The fraction of sp³-hybridized carbons (Fsp3) is 0.300. The third kappa shape index (κ3) is 6.41. The van der Waals surface area contributed by atoms with Gasteiger partial charge in [0, 0.05) is 18.6 Å². The standard InChI is InChI=1S/C20H20Cl4N2O3/c1-3-17(20(28)25-2)26(10-12-4-6-14(22)15(23)8-12)19(27)11-29-18-7-5-13(21)9-16(18)24/h4-9,17H,3,10-11H2,1-2H3,(H,25,28)/t17-/m0/s1. The molecular weight excluding hydrogens is 458 g/mol. The monoisotopic (exact) mass is 476 g/mol. The Bertz CT molecular complexity index is 892. The van der Waals surface area contributed by atoms with E-state index in [0.29, 0.717) is 32.3 Å². The van der Waals surface area contributed by atoms with Crippen molar-refractivity contribution in [3.8, 4) is 5.75 Å². The number of nitrogens with one attached hydrogen (secondary N) is 1. The van der Waals surface area contributed by atoms with Crippen molar-refractivity contribution in [1.29, 1.82) is 0 Å². The third-order valence-corrected chi connectivity index (χ3v) is 5.48. The normalized spacial score (nSPS) is 11.7. The Labute approximate surface area is 189 Å². The van der Waals surface area contributed by atoms with Gasteiger partial charge in [-0.05, 0) is 42.3 Å². The molecule has 0 aromatic heterocycles. The van der Waals surface area contributed by atoms with Crippen LogP contribution in [0.25, 0.3) is 0 Å². The van der Waals surface area contributed by atoms with Crippen LogP contribution < -0.4 is 10.1 Å². The number of carbonyl (C=O) groups is 2. The molecule has 5 nitrogen and oxygen atoms in total. The lowest BCUT2D eigenvalue weighted by molar-refractivity contribution is -0.142. The second-order valence-electron chi connectivity index (χ2n) is 6.17. The number of hydrogen-bond donors (Lipinski definition) is 1. The van der Waals surface area contributed by atoms with Crippen molar-refractivity contribution < 1.29 is 14.3 Å². The molecule has 0 saturated heterocycles. The van der Waals surface area contributed by atoms with Crippen molar-refractivity contribution in [2.45, 2.75) is 25.9 Å². The Morgan fingerprint density at radius 1 is 1.03 bits per heavy atom. The highest BCUT2D eigenvalue weighted by Gasteiger charge is 2.28. The summed E-state index contributed by atoms with van der Waals surface area (Å²) in [6.45, 7) is 1.70. The summed E-state index contributed by atoms with van der Waals surface area (Å²) in [5.41, 5.74) is 0.736. The van der Waals surface area contributed by atoms with Crippen molar-refractivity contribution in [1.82, 2.24) is 10.2 Å². The molecule has 0 spiro atoms. The first-order valence-corrected chi connectivity index (χ1v) is 10.3. The van der Waals surface area contributed by atoms with E-state index in [9.17, 15) is 9.59 Å². The highest BCUT2D eigenvalue weighted by atomic mass is 35.5. The summed E-state index contributed by atoms with van der Waals surface area (Å²) in [7, 11) is 1.52. The quantitative estimate of drug-likeness (QED) is 0.566. The van der Waals surface area contributed by atoms with E-state index in [1.165, 1.54) is 18.0 Å². The number of benzene rings is 2. The number of halogens is 4. The molecular formula is C20H20Cl4N2O3. The lowest BCUT2D eigenvalue weighted by Gasteiger charge is -2.30. The molecule has 156 valence electrons. The van der Waals surface area contributed by atoms with E-state index >= 15 is 0 Å². The first-order valence-electron chi connectivity index (χ1n) is 8.79. The molecule has 0 aliphatic heterocycles. The number of carbonyl (C=O) groups excluding carboxylic acids is 2. The van der Waals surface area contributed by atoms with Gasteiger partial charge >= 0.3 is 0 Å². The SMILES string of the molecule is CC[C@@H](C(=O)NC)N(Cc1ccc(Cl)c(Cl)c1)C(=O)COc1ccc(Cl)cc1Cl. The zero-order valence-corrected chi connectivity index (χ0v) is 18.9. The van der Waals surface area contributed by atoms with Crippen LogP contribution in [0, 0.1) is 0 Å². The van der Waals surface area contributed by atoms with E-state index in [1.807, 2.05) is 6.92 Å². The van der Waals surface area contributed by atoms with Gasteiger partial charge in [-0.2, -0.15) is 0 Å². The first kappa shape index (κ1) is 23.6. The molecule has 2 rings (SSSR count). The van der Waals surface area contributed by atoms with E-state index in [4.69, 9.17) is 51.1 Å². The third-order valence-electron chi connectivity index (χ3n) is 4.21. The zero-order chi connectivity index (χ0) is 21.6. The first-order chi connectivity index (χ1) is 13.8. The van der Waals surface area contributed by atoms with Gasteiger partial charge in [-0.3, -0.25) is 9.59 Å². The van der Waals surface area contributed by atoms with Gasteiger partial charge in [-0.25, -0.2) is 0 Å². The van der Waals surface area contributed by atoms with Crippen LogP contribution in [-0.2, 0) is 16.1 Å². The molecule has 0 saturated carbocycles. The van der Waals surface area contributed by atoms with Crippen LogP contribution in [0.15, 0.2) is 36.4 Å². The van der Waals surface area contributed by atoms with E-state index < -0.39 is 6.04 Å². The minimum absolute atomic E-state index is 0.166. The average Bonchev–Trinajstić information content (AvgIpc) is 2.69. The number of amides is 2. The molecule has 9 heteroatoms. The van der Waals surface area contributed by atoms with Crippen molar-refractivity contribution in [2.75, 3.05) is 13.7 Å². The van der Waals surface area contributed by atoms with Crippen molar-refractivity contribution in [3.63, 3.8) is 0 Å². The van der Waals surface area contributed by atoms with Gasteiger partial charge in [0.1, 0.15) is 11.8 Å². The summed E-state index contributed by atoms with van der Waals surface area (Å²) < 4.78 is 5.56. The van der Waals surface area contributed by atoms with Gasteiger partial charge in [0.25, 0.3) is 5.91 Å². The Morgan fingerprint density at radius 3 is 2.34 bits per heavy atom. The number of ether oxygens (including phenoxy) is 1.